The lowest BCUT2D eigenvalue weighted by atomic mass is 9.82. The van der Waals surface area contributed by atoms with Crippen LogP contribution in [0.25, 0.3) is 0 Å². The number of rotatable bonds is 4. The van der Waals surface area contributed by atoms with E-state index < -0.39 is 28.3 Å². The Balaban J connectivity index is 1.53. The number of urea groups is 1. The second-order valence-electron chi connectivity index (χ2n) is 8.81. The summed E-state index contributed by atoms with van der Waals surface area (Å²) in [7, 11) is 0. The number of benzene rings is 1. The standard InChI is InChI=1S/C21H27N5O5/c1-14-6-5-11-24(13-14)16-8-7-15(12-17(16)26(30)31)18(27)23-25-19(28)21(22-20(25)29)9-3-2-4-10-21/h7-8,12,14H,2-6,9-11,13H2,1H3,(H,22,29)(H,23,27). The molecule has 1 spiro atoms. The molecule has 1 aliphatic carbocycles. The molecule has 1 saturated carbocycles. The number of nitrogens with one attached hydrogen (secondary N) is 2. The van der Waals surface area contributed by atoms with Crippen LogP contribution in [-0.2, 0) is 4.79 Å². The maximum Gasteiger partial charge on any atom is 0.344 e. The van der Waals surface area contributed by atoms with Crippen molar-refractivity contribution < 1.29 is 19.3 Å². The average Bonchev–Trinajstić information content (AvgIpc) is 2.97. The molecule has 10 heteroatoms. The summed E-state index contributed by atoms with van der Waals surface area (Å²) < 4.78 is 0. The van der Waals surface area contributed by atoms with Crippen molar-refractivity contribution in [3.8, 4) is 0 Å². The lowest BCUT2D eigenvalue weighted by Crippen LogP contribution is -2.50. The highest BCUT2D eigenvalue weighted by Crippen LogP contribution is 2.34. The first kappa shape index (κ1) is 21.1. The highest BCUT2D eigenvalue weighted by Gasteiger charge is 2.52. The zero-order valence-corrected chi connectivity index (χ0v) is 17.6. The number of hydrazine groups is 1. The molecule has 2 saturated heterocycles. The average molecular weight is 429 g/mol. The molecule has 2 N–H and O–H groups in total. The third-order valence-corrected chi connectivity index (χ3v) is 6.51. The molecule has 1 atom stereocenters. The van der Waals surface area contributed by atoms with E-state index in [1.165, 1.54) is 12.1 Å². The Bertz CT molecular complexity index is 927. The van der Waals surface area contributed by atoms with Crippen molar-refractivity contribution in [2.75, 3.05) is 18.0 Å². The molecule has 2 heterocycles. The molecule has 4 rings (SSSR count). The zero-order chi connectivity index (χ0) is 22.2. The van der Waals surface area contributed by atoms with Gasteiger partial charge in [-0.25, -0.2) is 4.79 Å². The monoisotopic (exact) mass is 429 g/mol. The number of hydrogen-bond donors (Lipinski definition) is 2. The molecule has 31 heavy (non-hydrogen) atoms. The summed E-state index contributed by atoms with van der Waals surface area (Å²) in [6.07, 6.45) is 5.78. The Kier molecular flexibility index (Phi) is 5.55. The normalized spacial score (nSPS) is 23.1. The zero-order valence-electron chi connectivity index (χ0n) is 17.6. The van der Waals surface area contributed by atoms with Crippen LogP contribution >= 0.6 is 0 Å². The number of hydrogen-bond acceptors (Lipinski definition) is 6. The van der Waals surface area contributed by atoms with Gasteiger partial charge in [0.15, 0.2) is 0 Å². The molecule has 4 amide bonds. The van der Waals surface area contributed by atoms with E-state index in [1.807, 2.05) is 4.90 Å². The Morgan fingerprint density at radius 2 is 1.97 bits per heavy atom. The molecule has 3 aliphatic rings. The first-order chi connectivity index (χ1) is 14.8. The van der Waals surface area contributed by atoms with Gasteiger partial charge < -0.3 is 10.2 Å². The van der Waals surface area contributed by atoms with Crippen LogP contribution in [0.2, 0.25) is 0 Å². The van der Waals surface area contributed by atoms with E-state index in [2.05, 4.69) is 17.7 Å². The van der Waals surface area contributed by atoms with Crippen molar-refractivity contribution in [2.24, 2.45) is 5.92 Å². The van der Waals surface area contributed by atoms with Crippen LogP contribution in [0.3, 0.4) is 0 Å². The molecule has 10 nitrogen and oxygen atoms in total. The van der Waals surface area contributed by atoms with Gasteiger partial charge in [-0.2, -0.15) is 5.01 Å². The molecule has 1 aromatic carbocycles. The van der Waals surface area contributed by atoms with E-state index in [0.717, 1.165) is 45.2 Å². The lowest BCUT2D eigenvalue weighted by Gasteiger charge is -2.32. The smallest absolute Gasteiger partial charge is 0.344 e. The fourth-order valence-corrected chi connectivity index (χ4v) is 4.87. The van der Waals surface area contributed by atoms with E-state index in [1.54, 1.807) is 6.07 Å². The summed E-state index contributed by atoms with van der Waals surface area (Å²) >= 11 is 0. The molecule has 0 aromatic heterocycles. The number of carbonyl (C=O) groups is 3. The fraction of sp³-hybridized carbons (Fsp3) is 0.571. The van der Waals surface area contributed by atoms with Crippen LogP contribution in [0.4, 0.5) is 16.2 Å². The number of piperidine rings is 1. The van der Waals surface area contributed by atoms with E-state index in [9.17, 15) is 24.5 Å². The summed E-state index contributed by atoms with van der Waals surface area (Å²) in [5.41, 5.74) is 1.71. The molecule has 1 aromatic rings. The maximum absolute atomic E-state index is 12.8. The minimum atomic E-state index is -0.955. The van der Waals surface area contributed by atoms with Crippen LogP contribution in [0.5, 0.6) is 0 Å². The number of nitro groups is 1. The van der Waals surface area contributed by atoms with Crippen molar-refractivity contribution in [3.63, 3.8) is 0 Å². The van der Waals surface area contributed by atoms with Crippen molar-refractivity contribution in [1.29, 1.82) is 0 Å². The SMILES string of the molecule is CC1CCCN(c2ccc(C(=O)NN3C(=O)NC4(CCCCC4)C3=O)cc2[N+](=O)[O-])C1. The number of amides is 4. The first-order valence-electron chi connectivity index (χ1n) is 10.8. The van der Waals surface area contributed by atoms with Crippen LogP contribution in [-0.4, -0.2) is 46.4 Å². The predicted molar refractivity (Wildman–Crippen MR) is 112 cm³/mol. The number of nitrogens with zero attached hydrogens (tertiary/aromatic N) is 3. The van der Waals surface area contributed by atoms with Crippen molar-refractivity contribution in [3.05, 3.63) is 33.9 Å². The molecular formula is C21H27N5O5. The minimum absolute atomic E-state index is 0.0192. The van der Waals surface area contributed by atoms with Gasteiger partial charge in [-0.05, 0) is 43.7 Å². The summed E-state index contributed by atoms with van der Waals surface area (Å²) in [5.74, 6) is -0.778. The van der Waals surface area contributed by atoms with E-state index >= 15 is 0 Å². The third kappa shape index (κ3) is 3.94. The van der Waals surface area contributed by atoms with Crippen molar-refractivity contribution in [1.82, 2.24) is 15.8 Å². The first-order valence-corrected chi connectivity index (χ1v) is 10.8. The van der Waals surface area contributed by atoms with Gasteiger partial charge in [0.1, 0.15) is 11.2 Å². The molecule has 0 radical (unpaired) electrons. The Labute approximate surface area is 180 Å². The van der Waals surface area contributed by atoms with Gasteiger partial charge in [0.05, 0.1) is 4.92 Å². The predicted octanol–water partition coefficient (Wildman–Crippen LogP) is 2.73. The van der Waals surface area contributed by atoms with Gasteiger partial charge in [0.25, 0.3) is 17.5 Å². The highest BCUT2D eigenvalue weighted by atomic mass is 16.6. The third-order valence-electron chi connectivity index (χ3n) is 6.51. The van der Waals surface area contributed by atoms with E-state index in [-0.39, 0.29) is 11.3 Å². The maximum atomic E-state index is 12.8. The Morgan fingerprint density at radius 1 is 1.23 bits per heavy atom. The number of carbonyl (C=O) groups excluding carboxylic acids is 3. The topological polar surface area (TPSA) is 125 Å². The number of imide groups is 1. The van der Waals surface area contributed by atoms with Crippen LogP contribution in [0.1, 0.15) is 62.2 Å². The van der Waals surface area contributed by atoms with Crippen molar-refractivity contribution in [2.45, 2.75) is 57.4 Å². The molecule has 1 unspecified atom stereocenters. The van der Waals surface area contributed by atoms with E-state index in [4.69, 9.17) is 0 Å². The van der Waals surface area contributed by atoms with Gasteiger partial charge in [0, 0.05) is 24.7 Å². The van der Waals surface area contributed by atoms with Crippen LogP contribution in [0.15, 0.2) is 18.2 Å². The van der Waals surface area contributed by atoms with E-state index in [0.29, 0.717) is 29.5 Å². The van der Waals surface area contributed by atoms with Gasteiger partial charge in [-0.15, -0.1) is 0 Å². The molecule has 166 valence electrons. The Morgan fingerprint density at radius 3 is 2.65 bits per heavy atom. The summed E-state index contributed by atoms with van der Waals surface area (Å²) in [5, 5.41) is 15.1. The minimum Gasteiger partial charge on any atom is -0.366 e. The number of nitro benzene ring substituents is 1. The number of anilines is 1. The molecular weight excluding hydrogens is 402 g/mol. The molecule has 0 bridgehead atoms. The highest BCUT2D eigenvalue weighted by molar-refractivity contribution is 6.09. The molecule has 3 fully saturated rings. The van der Waals surface area contributed by atoms with Crippen LogP contribution < -0.4 is 15.6 Å². The fourth-order valence-electron chi connectivity index (χ4n) is 4.87. The summed E-state index contributed by atoms with van der Waals surface area (Å²) in [6.45, 7) is 3.55. The summed E-state index contributed by atoms with van der Waals surface area (Å²) in [6, 6.07) is 3.60. The molecule has 2 aliphatic heterocycles. The Hall–Kier alpha value is -3.17. The van der Waals surface area contributed by atoms with Crippen molar-refractivity contribution >= 4 is 29.2 Å². The lowest BCUT2D eigenvalue weighted by molar-refractivity contribution is -0.384. The van der Waals surface area contributed by atoms with Gasteiger partial charge in [-0.1, -0.05) is 26.2 Å². The quantitative estimate of drug-likeness (QED) is 0.431. The van der Waals surface area contributed by atoms with Gasteiger partial charge in [-0.3, -0.25) is 25.1 Å². The van der Waals surface area contributed by atoms with Gasteiger partial charge in [0.2, 0.25) is 0 Å². The second kappa shape index (κ2) is 8.16. The van der Waals surface area contributed by atoms with Crippen LogP contribution in [0, 0.1) is 16.0 Å². The summed E-state index contributed by atoms with van der Waals surface area (Å²) in [4.78, 5) is 51.1. The van der Waals surface area contributed by atoms with Gasteiger partial charge >= 0.3 is 6.03 Å². The second-order valence-corrected chi connectivity index (χ2v) is 8.81. The largest absolute Gasteiger partial charge is 0.366 e.